The van der Waals surface area contributed by atoms with E-state index in [0.29, 0.717) is 6.42 Å². The van der Waals surface area contributed by atoms with E-state index in [2.05, 4.69) is 4.72 Å². The average Bonchev–Trinajstić information content (AvgIpc) is 2.85. The normalized spacial score (nSPS) is 26.7. The Balaban J connectivity index is 1.76. The SMILES string of the molecule is CCNS(=O)(=O)OC1OC2(CCCCC2)OC1Cc1ccccc1. The molecular weight excluding hydrogens is 330 g/mol. The van der Waals surface area contributed by atoms with Gasteiger partial charge in [0, 0.05) is 25.8 Å². The third-order valence-corrected chi connectivity index (χ3v) is 5.52. The predicted molar refractivity (Wildman–Crippen MR) is 89.4 cm³/mol. The first-order valence-electron chi connectivity index (χ1n) is 8.59. The minimum Gasteiger partial charge on any atom is -0.341 e. The molecule has 1 saturated carbocycles. The van der Waals surface area contributed by atoms with Gasteiger partial charge in [-0.3, -0.25) is 0 Å². The van der Waals surface area contributed by atoms with Crippen LogP contribution < -0.4 is 4.72 Å². The van der Waals surface area contributed by atoms with Crippen LogP contribution in [0.3, 0.4) is 0 Å². The highest BCUT2D eigenvalue weighted by molar-refractivity contribution is 7.84. The second-order valence-electron chi connectivity index (χ2n) is 6.35. The second-order valence-corrected chi connectivity index (χ2v) is 7.74. The lowest BCUT2D eigenvalue weighted by Gasteiger charge is -2.31. The molecule has 0 bridgehead atoms. The largest absolute Gasteiger partial charge is 0.341 e. The van der Waals surface area contributed by atoms with Gasteiger partial charge in [0.15, 0.2) is 5.79 Å². The molecule has 1 heterocycles. The molecule has 134 valence electrons. The van der Waals surface area contributed by atoms with Crippen molar-refractivity contribution in [3.8, 4) is 0 Å². The highest BCUT2D eigenvalue weighted by atomic mass is 32.2. The summed E-state index contributed by atoms with van der Waals surface area (Å²) in [4.78, 5) is 0. The highest BCUT2D eigenvalue weighted by Gasteiger charge is 2.49. The minimum atomic E-state index is -3.85. The Bertz CT molecular complexity index is 628. The minimum absolute atomic E-state index is 0.268. The smallest absolute Gasteiger partial charge is 0.338 e. The molecule has 1 N–H and O–H groups in total. The molecule has 2 atom stereocenters. The molecule has 24 heavy (non-hydrogen) atoms. The summed E-state index contributed by atoms with van der Waals surface area (Å²) in [5, 5.41) is 0. The lowest BCUT2D eigenvalue weighted by molar-refractivity contribution is -0.209. The van der Waals surface area contributed by atoms with Gasteiger partial charge in [-0.1, -0.05) is 43.7 Å². The Hall–Kier alpha value is -0.990. The van der Waals surface area contributed by atoms with Crippen LogP contribution in [0, 0.1) is 0 Å². The van der Waals surface area contributed by atoms with E-state index in [-0.39, 0.29) is 6.54 Å². The maximum atomic E-state index is 12.0. The van der Waals surface area contributed by atoms with Gasteiger partial charge in [-0.15, -0.1) is 0 Å². The molecule has 0 aromatic heterocycles. The summed E-state index contributed by atoms with van der Waals surface area (Å²) in [6.07, 6.45) is 3.92. The van der Waals surface area contributed by atoms with Gasteiger partial charge in [0.2, 0.25) is 6.29 Å². The molecule has 0 amide bonds. The molecule has 2 fully saturated rings. The molecule has 1 aromatic rings. The third-order valence-electron chi connectivity index (χ3n) is 4.44. The van der Waals surface area contributed by atoms with E-state index in [1.54, 1.807) is 6.92 Å². The number of benzene rings is 1. The van der Waals surface area contributed by atoms with Crippen molar-refractivity contribution in [3.63, 3.8) is 0 Å². The molecule has 3 rings (SSSR count). The Kier molecular flexibility index (Phi) is 5.56. The molecule has 2 unspecified atom stereocenters. The van der Waals surface area contributed by atoms with Crippen LogP contribution in [0.5, 0.6) is 0 Å². The van der Waals surface area contributed by atoms with E-state index >= 15 is 0 Å². The van der Waals surface area contributed by atoms with E-state index in [9.17, 15) is 8.42 Å². The number of hydrogen-bond acceptors (Lipinski definition) is 5. The Morgan fingerprint density at radius 2 is 1.88 bits per heavy atom. The maximum absolute atomic E-state index is 12.0. The molecular formula is C17H25NO5S. The molecule has 1 aromatic carbocycles. The first-order chi connectivity index (χ1) is 11.5. The zero-order valence-electron chi connectivity index (χ0n) is 13.9. The fraction of sp³-hybridized carbons (Fsp3) is 0.647. The number of rotatable bonds is 6. The Labute approximate surface area is 143 Å². The van der Waals surface area contributed by atoms with Crippen LogP contribution in [-0.2, 0) is 30.4 Å². The number of ether oxygens (including phenoxy) is 2. The molecule has 1 spiro atoms. The molecule has 0 radical (unpaired) electrons. The lowest BCUT2D eigenvalue weighted by atomic mass is 9.94. The Morgan fingerprint density at radius 3 is 2.54 bits per heavy atom. The summed E-state index contributed by atoms with van der Waals surface area (Å²) < 4.78 is 43.8. The first kappa shape index (κ1) is 17.8. The summed E-state index contributed by atoms with van der Waals surface area (Å²) in [7, 11) is -3.85. The van der Waals surface area contributed by atoms with Crippen molar-refractivity contribution < 1.29 is 22.1 Å². The second kappa shape index (κ2) is 7.49. The van der Waals surface area contributed by atoms with Crippen LogP contribution in [0.15, 0.2) is 30.3 Å². The van der Waals surface area contributed by atoms with Crippen LogP contribution in [0.1, 0.15) is 44.6 Å². The van der Waals surface area contributed by atoms with Crippen LogP contribution in [0.2, 0.25) is 0 Å². The van der Waals surface area contributed by atoms with Gasteiger partial charge in [-0.05, 0) is 18.4 Å². The van der Waals surface area contributed by atoms with Crippen molar-refractivity contribution in [2.75, 3.05) is 6.54 Å². The first-order valence-corrected chi connectivity index (χ1v) is 10.0. The van der Waals surface area contributed by atoms with Gasteiger partial charge >= 0.3 is 10.3 Å². The summed E-state index contributed by atoms with van der Waals surface area (Å²) in [5.41, 5.74) is 1.06. The van der Waals surface area contributed by atoms with E-state index in [1.165, 1.54) is 0 Å². The molecule has 7 heteroatoms. The van der Waals surface area contributed by atoms with Crippen LogP contribution in [0.4, 0.5) is 0 Å². The molecule has 6 nitrogen and oxygen atoms in total. The summed E-state index contributed by atoms with van der Waals surface area (Å²) in [5.74, 6) is -0.704. The Morgan fingerprint density at radius 1 is 1.17 bits per heavy atom. The standard InChI is InChI=1S/C17H25NO5S/c1-2-18-24(19,20)23-16-15(13-14-9-5-3-6-10-14)21-17(22-16)11-7-4-8-12-17/h3,5-6,9-10,15-16,18H,2,4,7-8,11-13H2,1H3. The van der Waals surface area contributed by atoms with E-state index < -0.39 is 28.5 Å². The average molecular weight is 355 g/mol. The van der Waals surface area contributed by atoms with Gasteiger partial charge in [0.1, 0.15) is 6.10 Å². The predicted octanol–water partition coefficient (Wildman–Crippen LogP) is 2.50. The quantitative estimate of drug-likeness (QED) is 0.849. The van der Waals surface area contributed by atoms with Crippen LogP contribution >= 0.6 is 0 Å². The van der Waals surface area contributed by atoms with Gasteiger partial charge in [-0.2, -0.15) is 13.1 Å². The van der Waals surface area contributed by atoms with Crippen LogP contribution in [-0.4, -0.2) is 33.1 Å². The van der Waals surface area contributed by atoms with Crippen molar-refractivity contribution in [1.82, 2.24) is 4.72 Å². The van der Waals surface area contributed by atoms with Crippen molar-refractivity contribution in [3.05, 3.63) is 35.9 Å². The fourth-order valence-electron chi connectivity index (χ4n) is 3.37. The maximum Gasteiger partial charge on any atom is 0.338 e. The van der Waals surface area contributed by atoms with Gasteiger partial charge < -0.3 is 9.47 Å². The highest BCUT2D eigenvalue weighted by Crippen LogP contribution is 2.41. The van der Waals surface area contributed by atoms with Crippen LogP contribution in [0.25, 0.3) is 0 Å². The molecule has 1 aliphatic carbocycles. The number of hydrogen-bond donors (Lipinski definition) is 1. The fourth-order valence-corrected chi connectivity index (χ4v) is 4.21. The van der Waals surface area contributed by atoms with Crippen molar-refractivity contribution in [2.24, 2.45) is 0 Å². The zero-order valence-corrected chi connectivity index (χ0v) is 14.8. The molecule has 1 aliphatic heterocycles. The molecule has 1 saturated heterocycles. The van der Waals surface area contributed by atoms with E-state index in [0.717, 1.165) is 37.7 Å². The van der Waals surface area contributed by atoms with Crippen molar-refractivity contribution in [1.29, 1.82) is 0 Å². The van der Waals surface area contributed by atoms with Crippen molar-refractivity contribution >= 4 is 10.3 Å². The molecule has 2 aliphatic rings. The summed E-state index contributed by atoms with van der Waals surface area (Å²) in [6, 6.07) is 9.83. The third kappa shape index (κ3) is 4.34. The topological polar surface area (TPSA) is 73.9 Å². The lowest BCUT2D eigenvalue weighted by Crippen LogP contribution is -2.36. The zero-order chi connectivity index (χ0) is 17.0. The monoisotopic (exact) mass is 355 g/mol. The summed E-state index contributed by atoms with van der Waals surface area (Å²) >= 11 is 0. The van der Waals surface area contributed by atoms with Gasteiger partial charge in [-0.25, -0.2) is 4.18 Å². The van der Waals surface area contributed by atoms with E-state index in [4.69, 9.17) is 13.7 Å². The van der Waals surface area contributed by atoms with Gasteiger partial charge in [0.05, 0.1) is 0 Å². The van der Waals surface area contributed by atoms with Crippen molar-refractivity contribution in [2.45, 2.75) is 63.6 Å². The number of nitrogens with one attached hydrogen (secondary N) is 1. The summed E-state index contributed by atoms with van der Waals surface area (Å²) in [6.45, 7) is 1.97. The van der Waals surface area contributed by atoms with Gasteiger partial charge in [0.25, 0.3) is 0 Å². The van der Waals surface area contributed by atoms with E-state index in [1.807, 2.05) is 30.3 Å².